The molecule has 0 aliphatic rings. The van der Waals surface area contributed by atoms with E-state index >= 15 is 0 Å². The number of aliphatic hydroxyl groups is 3. The van der Waals surface area contributed by atoms with E-state index in [0.717, 1.165) is 44.9 Å². The molecule has 1 amide bonds. The number of allylic oxidation sites excluding steroid dienone is 7. The molecule has 0 spiro atoms. The second-order valence-corrected chi connectivity index (χ2v) is 20.2. The first-order chi connectivity index (χ1) is 32.6. The molecule has 388 valence electrons. The van der Waals surface area contributed by atoms with Crippen LogP contribution in [0, 0.1) is 0 Å². The monoisotopic (exact) mass is 926 g/mol. The molecule has 5 heteroatoms. The van der Waals surface area contributed by atoms with Crippen LogP contribution in [0.15, 0.2) is 48.6 Å². The van der Waals surface area contributed by atoms with Crippen molar-refractivity contribution in [1.29, 1.82) is 0 Å². The summed E-state index contributed by atoms with van der Waals surface area (Å²) in [6, 6.07) is -0.816. The maximum atomic E-state index is 12.6. The molecule has 66 heavy (non-hydrogen) atoms. The lowest BCUT2D eigenvalue weighted by atomic mass is 10.0. The van der Waals surface area contributed by atoms with E-state index in [9.17, 15) is 20.1 Å². The van der Waals surface area contributed by atoms with E-state index in [-0.39, 0.29) is 6.61 Å². The predicted molar refractivity (Wildman–Crippen MR) is 291 cm³/mol. The van der Waals surface area contributed by atoms with Gasteiger partial charge in [0.25, 0.3) is 0 Å². The highest BCUT2D eigenvalue weighted by atomic mass is 16.3. The second-order valence-electron chi connectivity index (χ2n) is 20.2. The second kappa shape index (κ2) is 55.9. The number of rotatable bonds is 54. The lowest BCUT2D eigenvalue weighted by molar-refractivity contribution is -0.131. The molecule has 0 aliphatic carbocycles. The zero-order valence-electron chi connectivity index (χ0n) is 44.3. The summed E-state index contributed by atoms with van der Waals surface area (Å²) in [6.07, 6.45) is 74.9. The van der Waals surface area contributed by atoms with E-state index < -0.39 is 24.2 Å². The molecule has 0 bridgehead atoms. The summed E-state index contributed by atoms with van der Waals surface area (Å²) in [6.45, 7) is 4.20. The molecule has 0 aromatic carbocycles. The van der Waals surface area contributed by atoms with Crippen LogP contribution in [0.5, 0.6) is 0 Å². The van der Waals surface area contributed by atoms with Crippen LogP contribution in [0.1, 0.15) is 309 Å². The molecule has 0 fully saturated rings. The van der Waals surface area contributed by atoms with Crippen LogP contribution in [0.2, 0.25) is 0 Å². The molecule has 0 saturated heterocycles. The molecular formula is C61H115NO4. The Morgan fingerprint density at radius 2 is 0.667 bits per heavy atom. The number of unbranched alkanes of at least 4 members (excludes halogenated alkanes) is 40. The van der Waals surface area contributed by atoms with Crippen molar-refractivity contribution in [1.82, 2.24) is 5.32 Å². The van der Waals surface area contributed by atoms with Crippen LogP contribution in [-0.2, 0) is 4.79 Å². The van der Waals surface area contributed by atoms with Crippen molar-refractivity contribution in [2.75, 3.05) is 6.61 Å². The third-order valence-electron chi connectivity index (χ3n) is 13.6. The molecule has 0 aliphatic heterocycles. The van der Waals surface area contributed by atoms with E-state index in [2.05, 4.69) is 55.6 Å². The molecule has 0 radical (unpaired) electrons. The van der Waals surface area contributed by atoms with Gasteiger partial charge in [0.2, 0.25) is 5.91 Å². The Morgan fingerprint density at radius 1 is 0.379 bits per heavy atom. The number of amides is 1. The molecule has 3 atom stereocenters. The number of hydrogen-bond donors (Lipinski definition) is 4. The van der Waals surface area contributed by atoms with Crippen LogP contribution in [0.4, 0.5) is 0 Å². The molecule has 4 N–H and O–H groups in total. The van der Waals surface area contributed by atoms with Gasteiger partial charge in [0, 0.05) is 0 Å². The SMILES string of the molecule is CCCCCCCCCCC/C=C\C/C=C\CCCCCCCCCCCCCCCCCCC(O)C(=O)NC(CO)C(O)/C=C/CC/C=C/CCCCCCCCCCCCCCCC. The first-order valence-corrected chi connectivity index (χ1v) is 29.5. The van der Waals surface area contributed by atoms with Crippen LogP contribution < -0.4 is 5.32 Å². The van der Waals surface area contributed by atoms with Gasteiger partial charge in [-0.1, -0.05) is 294 Å². The van der Waals surface area contributed by atoms with E-state index in [4.69, 9.17) is 0 Å². The third-order valence-corrected chi connectivity index (χ3v) is 13.6. The van der Waals surface area contributed by atoms with Crippen LogP contribution in [0.25, 0.3) is 0 Å². The molecule has 0 aromatic rings. The van der Waals surface area contributed by atoms with Crippen molar-refractivity contribution in [3.05, 3.63) is 48.6 Å². The van der Waals surface area contributed by atoms with Crippen LogP contribution >= 0.6 is 0 Å². The maximum absolute atomic E-state index is 12.6. The average molecular weight is 927 g/mol. The zero-order chi connectivity index (χ0) is 47.9. The highest BCUT2D eigenvalue weighted by Crippen LogP contribution is 2.17. The van der Waals surface area contributed by atoms with Gasteiger partial charge in [-0.3, -0.25) is 4.79 Å². The number of hydrogen-bond acceptors (Lipinski definition) is 4. The van der Waals surface area contributed by atoms with E-state index in [0.29, 0.717) is 6.42 Å². The highest BCUT2D eigenvalue weighted by Gasteiger charge is 2.22. The van der Waals surface area contributed by atoms with Crippen molar-refractivity contribution in [3.63, 3.8) is 0 Å². The minimum absolute atomic E-state index is 0.375. The number of aliphatic hydroxyl groups excluding tert-OH is 3. The summed E-state index contributed by atoms with van der Waals surface area (Å²) in [5.74, 6) is -0.510. The van der Waals surface area contributed by atoms with Gasteiger partial charge in [0.1, 0.15) is 6.10 Å². The standard InChI is InChI=1S/C61H115NO4/c1-3-5-7-9-11-13-15-17-19-21-23-25-26-27-28-29-30-31-32-33-34-35-36-38-40-42-44-46-48-50-52-54-56-60(65)61(66)62-58(57-63)59(64)55-53-51-49-47-45-43-41-39-37-24-22-20-18-16-14-12-10-8-6-4-2/h23,25,27-28,45,47,53,55,58-60,63-65H,3-22,24,26,29-44,46,48-52,54,56-57H2,1-2H3,(H,62,66)/b25-23-,28-27-,47-45+,55-53+. The van der Waals surface area contributed by atoms with Crippen LogP contribution in [0.3, 0.4) is 0 Å². The molecule has 0 saturated carbocycles. The molecule has 0 heterocycles. The van der Waals surface area contributed by atoms with Crippen LogP contribution in [-0.4, -0.2) is 46.1 Å². The van der Waals surface area contributed by atoms with E-state index in [1.165, 1.54) is 244 Å². The fourth-order valence-electron chi connectivity index (χ4n) is 9.06. The normalized spacial score (nSPS) is 13.6. The Labute approximate surface area is 412 Å². The lowest BCUT2D eigenvalue weighted by Crippen LogP contribution is -2.48. The van der Waals surface area contributed by atoms with Gasteiger partial charge in [-0.25, -0.2) is 0 Å². The third kappa shape index (κ3) is 50.2. The molecule has 3 unspecified atom stereocenters. The van der Waals surface area contributed by atoms with Gasteiger partial charge >= 0.3 is 0 Å². The van der Waals surface area contributed by atoms with E-state index in [1.54, 1.807) is 6.08 Å². The first kappa shape index (κ1) is 64.3. The Kier molecular flexibility index (Phi) is 54.5. The minimum atomic E-state index is -1.11. The Bertz CT molecular complexity index is 1070. The summed E-state index contributed by atoms with van der Waals surface area (Å²) < 4.78 is 0. The maximum Gasteiger partial charge on any atom is 0.249 e. The fourth-order valence-corrected chi connectivity index (χ4v) is 9.06. The van der Waals surface area contributed by atoms with Crippen molar-refractivity contribution >= 4 is 5.91 Å². The number of carbonyl (C=O) groups is 1. The van der Waals surface area contributed by atoms with Crippen molar-refractivity contribution in [2.45, 2.75) is 327 Å². The predicted octanol–water partition coefficient (Wildman–Crippen LogP) is 18.4. The summed E-state index contributed by atoms with van der Waals surface area (Å²) in [5, 5.41) is 33.4. The molecule has 5 nitrogen and oxygen atoms in total. The smallest absolute Gasteiger partial charge is 0.249 e. The van der Waals surface area contributed by atoms with Gasteiger partial charge in [-0.2, -0.15) is 0 Å². The average Bonchev–Trinajstić information content (AvgIpc) is 3.32. The number of carbonyl (C=O) groups excluding carboxylic acids is 1. The zero-order valence-corrected chi connectivity index (χ0v) is 44.3. The van der Waals surface area contributed by atoms with Gasteiger partial charge in [-0.05, 0) is 64.2 Å². The van der Waals surface area contributed by atoms with Gasteiger partial charge < -0.3 is 20.6 Å². The summed E-state index contributed by atoms with van der Waals surface area (Å²) >= 11 is 0. The summed E-state index contributed by atoms with van der Waals surface area (Å²) in [5.41, 5.74) is 0. The molecular weight excluding hydrogens is 811 g/mol. The van der Waals surface area contributed by atoms with Gasteiger partial charge in [0.15, 0.2) is 0 Å². The minimum Gasteiger partial charge on any atom is -0.394 e. The topological polar surface area (TPSA) is 89.8 Å². The molecule has 0 aromatic heterocycles. The van der Waals surface area contributed by atoms with Crippen molar-refractivity contribution < 1.29 is 20.1 Å². The summed E-state index contributed by atoms with van der Waals surface area (Å²) in [7, 11) is 0. The Hall–Kier alpha value is -1.69. The lowest BCUT2D eigenvalue weighted by Gasteiger charge is -2.21. The fraction of sp³-hybridized carbons (Fsp3) is 0.852. The molecule has 0 rings (SSSR count). The number of nitrogens with one attached hydrogen (secondary N) is 1. The summed E-state index contributed by atoms with van der Waals surface area (Å²) in [4.78, 5) is 12.6. The highest BCUT2D eigenvalue weighted by molar-refractivity contribution is 5.80. The van der Waals surface area contributed by atoms with Crippen molar-refractivity contribution in [2.24, 2.45) is 0 Å². The Balaban J connectivity index is 3.57. The van der Waals surface area contributed by atoms with Gasteiger partial charge in [-0.15, -0.1) is 0 Å². The quantitative estimate of drug-likeness (QED) is 0.0361. The van der Waals surface area contributed by atoms with Gasteiger partial charge in [0.05, 0.1) is 18.8 Å². The van der Waals surface area contributed by atoms with Crippen molar-refractivity contribution in [3.8, 4) is 0 Å². The first-order valence-electron chi connectivity index (χ1n) is 29.5. The van der Waals surface area contributed by atoms with E-state index in [1.807, 2.05) is 6.08 Å². The Morgan fingerprint density at radius 3 is 1.02 bits per heavy atom. The largest absolute Gasteiger partial charge is 0.394 e.